The number of fused-ring (bicyclic) bond motifs is 1. The van der Waals surface area contributed by atoms with Gasteiger partial charge in [-0.3, -0.25) is 10.00 Å². The minimum atomic E-state index is -0.892. The number of rotatable bonds is 4. The maximum Gasteiger partial charge on any atom is 0.324 e. The van der Waals surface area contributed by atoms with Crippen LogP contribution in [0.2, 0.25) is 0 Å². The number of aromatic amines is 1. The maximum atomic E-state index is 12.7. The van der Waals surface area contributed by atoms with E-state index in [0.717, 1.165) is 11.1 Å². The summed E-state index contributed by atoms with van der Waals surface area (Å²) in [6.07, 6.45) is 10.2. The van der Waals surface area contributed by atoms with Gasteiger partial charge in [-0.2, -0.15) is 5.10 Å². The molecule has 0 aliphatic carbocycles. The van der Waals surface area contributed by atoms with Crippen molar-refractivity contribution in [2.24, 2.45) is 7.05 Å². The molecule has 30 heavy (non-hydrogen) atoms. The van der Waals surface area contributed by atoms with Gasteiger partial charge >= 0.3 is 6.03 Å². The average Bonchev–Trinajstić information content (AvgIpc) is 3.33. The Morgan fingerprint density at radius 3 is 2.83 bits per heavy atom. The van der Waals surface area contributed by atoms with E-state index in [1.807, 2.05) is 25.4 Å². The summed E-state index contributed by atoms with van der Waals surface area (Å²) in [5, 5.41) is 17.5. The number of ether oxygens (including phenoxy) is 1. The lowest BCUT2D eigenvalue weighted by Gasteiger charge is -2.36. The molecule has 1 aliphatic rings. The highest BCUT2D eigenvalue weighted by Gasteiger charge is 2.33. The fourth-order valence-electron chi connectivity index (χ4n) is 3.76. The molecule has 1 aromatic carbocycles. The van der Waals surface area contributed by atoms with Gasteiger partial charge < -0.3 is 19.7 Å². The Bertz CT molecular complexity index is 1120. The van der Waals surface area contributed by atoms with Crippen LogP contribution in [0.3, 0.4) is 0 Å². The van der Waals surface area contributed by atoms with Crippen molar-refractivity contribution in [3.63, 3.8) is 0 Å². The quantitative estimate of drug-likeness (QED) is 0.575. The number of likely N-dealkylation sites (tertiary alicyclic amines) is 1. The number of amides is 2. The number of hydrogen-bond acceptors (Lipinski definition) is 5. The Balaban J connectivity index is 1.57. The highest BCUT2D eigenvalue weighted by atomic mass is 16.5. The second-order valence-corrected chi connectivity index (χ2v) is 7.55. The summed E-state index contributed by atoms with van der Waals surface area (Å²) in [7, 11) is 3.44. The zero-order valence-electron chi connectivity index (χ0n) is 17.0. The molecule has 0 radical (unpaired) electrons. The fourth-order valence-corrected chi connectivity index (χ4v) is 3.76. The molecule has 3 aromatic rings. The summed E-state index contributed by atoms with van der Waals surface area (Å²) < 4.78 is 7.17. The molecule has 0 spiro atoms. The molecule has 156 valence electrons. The van der Waals surface area contributed by atoms with Gasteiger partial charge in [0.2, 0.25) is 5.95 Å². The number of urea groups is 1. The number of nitrogens with one attached hydrogen (secondary N) is 2. The Morgan fingerprint density at radius 1 is 1.43 bits per heavy atom. The molecule has 9 nitrogen and oxygen atoms in total. The number of piperidine rings is 1. The first kappa shape index (κ1) is 19.8. The number of aryl methyl sites for hydroxylation is 1. The molecular formula is C21H24N6O3. The van der Waals surface area contributed by atoms with Crippen molar-refractivity contribution in [3.05, 3.63) is 24.5 Å². The molecule has 0 atom stereocenters. The first-order valence-corrected chi connectivity index (χ1v) is 9.70. The molecule has 3 heterocycles. The molecule has 1 saturated heterocycles. The van der Waals surface area contributed by atoms with Crippen LogP contribution in [0.5, 0.6) is 5.75 Å². The standard InChI is InChI=1S/C21H24N6O3/c1-4-7-21(29)8-10-27(11-9-21)20(28)25-19-23-17-15(14-12-22-26(2)13-14)5-6-16(30-3)18(17)24-19/h1,5-6,12-13,29H,7-11H2,2-3H3,(H2,23,24,25,28). The number of H-pyrrole nitrogens is 1. The van der Waals surface area contributed by atoms with Crippen LogP contribution in [0, 0.1) is 12.3 Å². The summed E-state index contributed by atoms with van der Waals surface area (Å²) in [6.45, 7) is 0.850. The van der Waals surface area contributed by atoms with Gasteiger partial charge in [-0.25, -0.2) is 9.78 Å². The lowest BCUT2D eigenvalue weighted by molar-refractivity contribution is -0.00644. The van der Waals surface area contributed by atoms with E-state index in [1.165, 1.54) is 0 Å². The Labute approximate surface area is 174 Å². The SMILES string of the molecule is C#CCC1(O)CCN(C(=O)Nc2nc3c(-c4cnn(C)c4)ccc(OC)c3[nH]2)CC1. The van der Waals surface area contributed by atoms with E-state index in [9.17, 15) is 9.90 Å². The minimum Gasteiger partial charge on any atom is -0.494 e. The van der Waals surface area contributed by atoms with Gasteiger partial charge in [-0.15, -0.1) is 12.3 Å². The van der Waals surface area contributed by atoms with Crippen molar-refractivity contribution in [2.45, 2.75) is 24.9 Å². The van der Waals surface area contributed by atoms with Gasteiger partial charge in [-0.1, -0.05) is 0 Å². The molecule has 0 bridgehead atoms. The molecule has 3 N–H and O–H groups in total. The first-order chi connectivity index (χ1) is 14.4. The molecule has 0 unspecified atom stereocenters. The smallest absolute Gasteiger partial charge is 0.324 e. The van der Waals surface area contributed by atoms with Gasteiger partial charge in [-0.05, 0) is 25.0 Å². The highest BCUT2D eigenvalue weighted by Crippen LogP contribution is 2.34. The highest BCUT2D eigenvalue weighted by molar-refractivity contribution is 5.98. The monoisotopic (exact) mass is 408 g/mol. The number of benzene rings is 1. The van der Waals surface area contributed by atoms with E-state index in [4.69, 9.17) is 11.2 Å². The molecule has 0 saturated carbocycles. The summed E-state index contributed by atoms with van der Waals surface area (Å²) in [4.78, 5) is 22.1. The first-order valence-electron chi connectivity index (χ1n) is 9.70. The summed E-state index contributed by atoms with van der Waals surface area (Å²) in [6, 6.07) is 3.49. The largest absolute Gasteiger partial charge is 0.494 e. The average molecular weight is 408 g/mol. The topological polar surface area (TPSA) is 108 Å². The van der Waals surface area contributed by atoms with Crippen LogP contribution >= 0.6 is 0 Å². The predicted molar refractivity (Wildman–Crippen MR) is 113 cm³/mol. The van der Waals surface area contributed by atoms with E-state index >= 15 is 0 Å². The van der Waals surface area contributed by atoms with E-state index in [0.29, 0.717) is 55.1 Å². The number of aromatic nitrogens is 4. The molecule has 4 rings (SSSR count). The van der Waals surface area contributed by atoms with Crippen LogP contribution in [-0.4, -0.2) is 61.6 Å². The van der Waals surface area contributed by atoms with Gasteiger partial charge in [0.25, 0.3) is 0 Å². The normalized spacial score (nSPS) is 15.7. The Hall–Kier alpha value is -3.51. The van der Waals surface area contributed by atoms with Gasteiger partial charge in [0.05, 0.1) is 18.9 Å². The van der Waals surface area contributed by atoms with E-state index < -0.39 is 5.60 Å². The number of terminal acetylenes is 1. The van der Waals surface area contributed by atoms with Crippen LogP contribution in [0.25, 0.3) is 22.2 Å². The minimum absolute atomic E-state index is 0.279. The summed E-state index contributed by atoms with van der Waals surface area (Å²) >= 11 is 0. The zero-order valence-corrected chi connectivity index (χ0v) is 17.0. The number of hydrogen-bond donors (Lipinski definition) is 3. The summed E-state index contributed by atoms with van der Waals surface area (Å²) in [5.74, 6) is 3.46. The van der Waals surface area contributed by atoms with Crippen molar-refractivity contribution in [1.82, 2.24) is 24.6 Å². The second-order valence-electron chi connectivity index (χ2n) is 7.55. The maximum absolute atomic E-state index is 12.7. The molecular weight excluding hydrogens is 384 g/mol. The van der Waals surface area contributed by atoms with E-state index in [-0.39, 0.29) is 6.03 Å². The molecule has 2 aromatic heterocycles. The van der Waals surface area contributed by atoms with Gasteiger partial charge in [0.1, 0.15) is 16.8 Å². The predicted octanol–water partition coefficient (Wildman–Crippen LogP) is 2.35. The third kappa shape index (κ3) is 3.69. The number of imidazole rings is 1. The number of carbonyl (C=O) groups excluding carboxylic acids is 1. The molecule has 2 amide bonds. The molecule has 1 aliphatic heterocycles. The van der Waals surface area contributed by atoms with Crippen molar-refractivity contribution < 1.29 is 14.6 Å². The summed E-state index contributed by atoms with van der Waals surface area (Å²) in [5.41, 5.74) is 2.28. The van der Waals surface area contributed by atoms with Crippen molar-refractivity contribution >= 4 is 23.0 Å². The third-order valence-electron chi connectivity index (χ3n) is 5.48. The lowest BCUT2D eigenvalue weighted by Crippen LogP contribution is -2.47. The van der Waals surface area contributed by atoms with E-state index in [1.54, 1.807) is 22.9 Å². The fraction of sp³-hybridized carbons (Fsp3) is 0.381. The molecule has 1 fully saturated rings. The van der Waals surface area contributed by atoms with Crippen LogP contribution in [0.4, 0.5) is 10.7 Å². The molecule has 9 heteroatoms. The number of carbonyl (C=O) groups is 1. The zero-order chi connectivity index (χ0) is 21.3. The van der Waals surface area contributed by atoms with Crippen LogP contribution < -0.4 is 10.1 Å². The number of methoxy groups -OCH3 is 1. The van der Waals surface area contributed by atoms with Gasteiger partial charge in [0.15, 0.2) is 0 Å². The Kier molecular flexibility index (Phi) is 5.10. The number of nitrogens with zero attached hydrogens (tertiary/aromatic N) is 4. The second kappa shape index (κ2) is 7.72. The lowest BCUT2D eigenvalue weighted by atomic mass is 9.89. The van der Waals surface area contributed by atoms with Crippen LogP contribution in [0.15, 0.2) is 24.5 Å². The number of anilines is 1. The Morgan fingerprint density at radius 2 is 2.20 bits per heavy atom. The van der Waals surface area contributed by atoms with Crippen LogP contribution in [-0.2, 0) is 7.05 Å². The third-order valence-corrected chi connectivity index (χ3v) is 5.48. The number of aliphatic hydroxyl groups is 1. The van der Waals surface area contributed by atoms with Crippen molar-refractivity contribution in [2.75, 3.05) is 25.5 Å². The van der Waals surface area contributed by atoms with Crippen LogP contribution in [0.1, 0.15) is 19.3 Å². The van der Waals surface area contributed by atoms with Crippen molar-refractivity contribution in [1.29, 1.82) is 0 Å². The van der Waals surface area contributed by atoms with Gasteiger partial charge in [0, 0.05) is 43.9 Å². The van der Waals surface area contributed by atoms with E-state index in [2.05, 4.69) is 26.3 Å². The van der Waals surface area contributed by atoms with Crippen molar-refractivity contribution in [3.8, 4) is 29.2 Å².